The number of carbonyl (C=O) groups excluding carboxylic acids is 1. The fourth-order valence-electron chi connectivity index (χ4n) is 5.23. The Bertz CT molecular complexity index is 933. The Balaban J connectivity index is 1.88. The highest BCUT2D eigenvalue weighted by Gasteiger charge is 2.57. The van der Waals surface area contributed by atoms with E-state index in [4.69, 9.17) is 9.47 Å². The van der Waals surface area contributed by atoms with Crippen molar-refractivity contribution >= 4 is 16.9 Å². The Morgan fingerprint density at radius 1 is 1.38 bits per heavy atom. The normalized spacial score (nSPS) is 33.0. The molecule has 6 heteroatoms. The number of aromatic amines is 1. The molecule has 1 saturated heterocycles. The molecule has 0 radical (unpaired) electrons. The zero-order chi connectivity index (χ0) is 17.9. The maximum Gasteiger partial charge on any atom is 0.320 e. The van der Waals surface area contributed by atoms with E-state index in [-0.39, 0.29) is 23.1 Å². The molecule has 0 amide bonds. The second-order valence-electron chi connectivity index (χ2n) is 7.72. The van der Waals surface area contributed by atoms with Crippen LogP contribution in [-0.2, 0) is 26.2 Å². The zero-order valence-corrected chi connectivity index (χ0v) is 14.8. The van der Waals surface area contributed by atoms with E-state index >= 15 is 0 Å². The highest BCUT2D eigenvalue weighted by Crippen LogP contribution is 2.50. The number of fused-ring (bicyclic) bond motifs is 2. The maximum atomic E-state index is 13.5. The average Bonchev–Trinajstić information content (AvgIpc) is 2.87. The first-order chi connectivity index (χ1) is 12.6. The summed E-state index contributed by atoms with van der Waals surface area (Å²) in [4.78, 5) is 16.7. The van der Waals surface area contributed by atoms with E-state index in [1.54, 1.807) is 0 Å². The van der Waals surface area contributed by atoms with E-state index in [1.165, 1.54) is 7.11 Å². The topological polar surface area (TPSA) is 74.4 Å². The molecule has 5 heterocycles. The molecule has 4 bridgehead atoms. The van der Waals surface area contributed by atoms with Crippen LogP contribution >= 0.6 is 0 Å². The first-order valence-corrected chi connectivity index (χ1v) is 9.10. The molecule has 26 heavy (non-hydrogen) atoms. The standard InChI is InChI=1S/C20H22N2O4/c1-25-19(23)20-12-26-9-7-13-10-22(24,8-6-16(13)20)11-15-14-4-2-3-5-17(14)21-18(15)20/h2-5,7,16,21H,6,8-12H2,1H3/t16-,20-,22?/m0/s1. The van der Waals surface area contributed by atoms with E-state index in [0.29, 0.717) is 32.7 Å². The molecule has 136 valence electrons. The lowest BCUT2D eigenvalue weighted by Gasteiger charge is -2.53. The van der Waals surface area contributed by atoms with Crippen molar-refractivity contribution in [2.75, 3.05) is 33.4 Å². The summed E-state index contributed by atoms with van der Waals surface area (Å²) < 4.78 is 10.9. The first-order valence-electron chi connectivity index (χ1n) is 9.10. The van der Waals surface area contributed by atoms with Gasteiger partial charge in [-0.25, -0.2) is 0 Å². The fraction of sp³-hybridized carbons (Fsp3) is 0.450. The number of esters is 1. The van der Waals surface area contributed by atoms with Crippen molar-refractivity contribution in [2.45, 2.75) is 18.4 Å². The van der Waals surface area contributed by atoms with Gasteiger partial charge in [-0.2, -0.15) is 0 Å². The van der Waals surface area contributed by atoms with Gasteiger partial charge >= 0.3 is 5.97 Å². The average molecular weight is 354 g/mol. The van der Waals surface area contributed by atoms with Crippen LogP contribution in [0.1, 0.15) is 17.7 Å². The Kier molecular flexibility index (Phi) is 3.35. The van der Waals surface area contributed by atoms with Crippen LogP contribution in [0.2, 0.25) is 0 Å². The Labute approximate surface area is 151 Å². The van der Waals surface area contributed by atoms with Crippen LogP contribution in [0, 0.1) is 11.1 Å². The van der Waals surface area contributed by atoms with Gasteiger partial charge in [0.05, 0.1) is 26.9 Å². The minimum Gasteiger partial charge on any atom is -0.632 e. The molecule has 1 aromatic heterocycles. The highest BCUT2D eigenvalue weighted by molar-refractivity contribution is 5.91. The summed E-state index contributed by atoms with van der Waals surface area (Å²) >= 11 is 0. The summed E-state index contributed by atoms with van der Waals surface area (Å²) in [5.74, 6) is -0.347. The number of hydrogen-bond acceptors (Lipinski definition) is 4. The number of nitrogens with zero attached hydrogens (tertiary/aromatic N) is 1. The predicted molar refractivity (Wildman–Crippen MR) is 96.1 cm³/mol. The van der Waals surface area contributed by atoms with Gasteiger partial charge in [-0.05, 0) is 11.6 Å². The smallest absolute Gasteiger partial charge is 0.320 e. The van der Waals surface area contributed by atoms with Crippen LogP contribution < -0.4 is 0 Å². The Morgan fingerprint density at radius 2 is 2.23 bits per heavy atom. The molecule has 4 aliphatic heterocycles. The molecular weight excluding hydrogens is 332 g/mol. The molecule has 0 aliphatic carbocycles. The van der Waals surface area contributed by atoms with Gasteiger partial charge in [0.25, 0.3) is 0 Å². The maximum absolute atomic E-state index is 13.5. The van der Waals surface area contributed by atoms with Gasteiger partial charge in [-0.15, -0.1) is 0 Å². The predicted octanol–water partition coefficient (Wildman–Crippen LogP) is 2.38. The monoisotopic (exact) mass is 354 g/mol. The van der Waals surface area contributed by atoms with E-state index in [9.17, 15) is 10.0 Å². The van der Waals surface area contributed by atoms with Crippen molar-refractivity contribution in [2.24, 2.45) is 5.92 Å². The number of ether oxygens (including phenoxy) is 2. The third-order valence-electron chi connectivity index (χ3n) is 6.39. The van der Waals surface area contributed by atoms with Crippen LogP contribution in [0.4, 0.5) is 0 Å². The van der Waals surface area contributed by atoms with Crippen molar-refractivity contribution in [3.63, 3.8) is 0 Å². The molecule has 0 spiro atoms. The second kappa shape index (κ2) is 5.42. The van der Waals surface area contributed by atoms with Crippen LogP contribution in [0.15, 0.2) is 35.9 Å². The van der Waals surface area contributed by atoms with E-state index in [1.807, 2.05) is 30.3 Å². The molecule has 0 saturated carbocycles. The van der Waals surface area contributed by atoms with Gasteiger partial charge in [0.1, 0.15) is 18.5 Å². The van der Waals surface area contributed by atoms with Gasteiger partial charge < -0.3 is 24.3 Å². The van der Waals surface area contributed by atoms with Crippen LogP contribution in [-0.4, -0.2) is 49.0 Å². The summed E-state index contributed by atoms with van der Waals surface area (Å²) in [7, 11) is 1.43. The van der Waals surface area contributed by atoms with Crippen molar-refractivity contribution < 1.29 is 18.9 Å². The lowest BCUT2D eigenvalue weighted by Crippen LogP contribution is -2.58. The quantitative estimate of drug-likeness (QED) is 0.369. The molecule has 6 rings (SSSR count). The van der Waals surface area contributed by atoms with Crippen molar-refractivity contribution in [3.8, 4) is 0 Å². The minimum atomic E-state index is -0.920. The zero-order valence-electron chi connectivity index (χ0n) is 14.8. The van der Waals surface area contributed by atoms with E-state index in [2.05, 4.69) is 4.98 Å². The lowest BCUT2D eigenvalue weighted by molar-refractivity contribution is -0.894. The SMILES string of the molecule is COC(=O)[C@@]12COCC=C3C[N+]([O-])(CC[C@@H]31)Cc1c2[nH]c2ccccc12. The molecule has 1 unspecified atom stereocenters. The first kappa shape index (κ1) is 16.1. The van der Waals surface area contributed by atoms with Gasteiger partial charge in [0, 0.05) is 34.5 Å². The third kappa shape index (κ3) is 2.00. The van der Waals surface area contributed by atoms with Gasteiger partial charge in [0.2, 0.25) is 0 Å². The summed E-state index contributed by atoms with van der Waals surface area (Å²) in [6, 6.07) is 7.94. The number of piperidine rings is 1. The number of carbonyl (C=O) groups is 1. The van der Waals surface area contributed by atoms with E-state index < -0.39 is 5.41 Å². The number of aromatic nitrogens is 1. The van der Waals surface area contributed by atoms with Gasteiger partial charge in [0.15, 0.2) is 0 Å². The number of hydrogen-bond donors (Lipinski definition) is 1. The summed E-state index contributed by atoms with van der Waals surface area (Å²) in [6.45, 7) is 2.00. The Hall–Kier alpha value is -2.15. The molecule has 1 aromatic carbocycles. The number of para-hydroxylation sites is 1. The number of rotatable bonds is 1. The van der Waals surface area contributed by atoms with Crippen molar-refractivity contribution in [1.29, 1.82) is 0 Å². The molecular formula is C20H22N2O4. The number of methoxy groups -OCH3 is 1. The number of H-pyrrole nitrogens is 1. The summed E-state index contributed by atoms with van der Waals surface area (Å²) in [5, 5.41) is 14.5. The molecule has 6 nitrogen and oxygen atoms in total. The summed E-state index contributed by atoms with van der Waals surface area (Å²) in [6.07, 6.45) is 2.68. The minimum absolute atomic E-state index is 0.0650. The highest BCUT2D eigenvalue weighted by atomic mass is 16.5. The van der Waals surface area contributed by atoms with Crippen LogP contribution in [0.25, 0.3) is 10.9 Å². The van der Waals surface area contributed by atoms with Crippen LogP contribution in [0.3, 0.4) is 0 Å². The van der Waals surface area contributed by atoms with Crippen LogP contribution in [0.5, 0.6) is 0 Å². The largest absolute Gasteiger partial charge is 0.632 e. The molecule has 4 aliphatic rings. The number of benzene rings is 1. The Morgan fingerprint density at radius 3 is 3.08 bits per heavy atom. The molecule has 3 atom stereocenters. The second-order valence-corrected chi connectivity index (χ2v) is 7.72. The van der Waals surface area contributed by atoms with Crippen molar-refractivity contribution in [1.82, 2.24) is 4.98 Å². The number of nitrogens with one attached hydrogen (secondary N) is 1. The van der Waals surface area contributed by atoms with Gasteiger partial charge in [-0.1, -0.05) is 24.3 Å². The number of hydroxylamine groups is 3. The molecule has 1 fully saturated rings. The molecule has 2 aromatic rings. The fourth-order valence-corrected chi connectivity index (χ4v) is 5.23. The van der Waals surface area contributed by atoms with Gasteiger partial charge in [-0.3, -0.25) is 4.79 Å². The molecule has 1 N–H and O–H groups in total. The number of quaternary nitrogens is 1. The van der Waals surface area contributed by atoms with Crippen molar-refractivity contribution in [3.05, 3.63) is 52.4 Å². The lowest BCUT2D eigenvalue weighted by atomic mass is 9.65. The third-order valence-corrected chi connectivity index (χ3v) is 6.39. The van der Waals surface area contributed by atoms with E-state index in [0.717, 1.165) is 27.7 Å². The summed E-state index contributed by atoms with van der Waals surface area (Å²) in [5.41, 5.74) is 2.82.